The second kappa shape index (κ2) is 10.6. The van der Waals surface area contributed by atoms with Crippen LogP contribution in [0.15, 0.2) is 72.9 Å². The highest BCUT2D eigenvalue weighted by Crippen LogP contribution is 2.52. The molecule has 1 aliphatic rings. The standard InChI is InChI=1S/C30H28FN3O5/c1-37-26-15-23-24(16-27(26)38-2)33-14-11-25(23)39-22-9-7-21(8-10-22)34(20-5-3-19(31)4-6-20)29(36)18-30(12-13-30)17-28(32)35/h3-11,14-16H,12-13,17-18H2,1-2H3,(H2,32,35). The summed E-state index contributed by atoms with van der Waals surface area (Å²) in [5.74, 6) is 1.21. The first-order valence-corrected chi connectivity index (χ1v) is 12.5. The average Bonchev–Trinajstić information content (AvgIpc) is 3.67. The van der Waals surface area contributed by atoms with E-state index in [1.165, 1.54) is 17.0 Å². The Labute approximate surface area is 225 Å². The number of nitrogens with zero attached hydrogens (tertiary/aromatic N) is 2. The number of halogens is 1. The van der Waals surface area contributed by atoms with Gasteiger partial charge in [0.05, 0.1) is 19.7 Å². The lowest BCUT2D eigenvalue weighted by Gasteiger charge is -2.25. The van der Waals surface area contributed by atoms with Gasteiger partial charge in [-0.05, 0) is 78.9 Å². The second-order valence-electron chi connectivity index (χ2n) is 9.65. The maximum Gasteiger partial charge on any atom is 0.232 e. The third kappa shape index (κ3) is 5.62. The number of carbonyl (C=O) groups excluding carboxylic acids is 2. The zero-order valence-corrected chi connectivity index (χ0v) is 21.6. The Balaban J connectivity index is 1.43. The van der Waals surface area contributed by atoms with Crippen LogP contribution in [-0.4, -0.2) is 31.0 Å². The fraction of sp³-hybridized carbons (Fsp3) is 0.233. The number of methoxy groups -OCH3 is 2. The molecular weight excluding hydrogens is 501 g/mol. The molecular formula is C30H28FN3O5. The molecule has 0 aliphatic heterocycles. The average molecular weight is 530 g/mol. The minimum atomic E-state index is -0.421. The number of benzene rings is 3. The number of ether oxygens (including phenoxy) is 3. The van der Waals surface area contributed by atoms with Crippen molar-refractivity contribution in [3.05, 3.63) is 78.7 Å². The molecule has 0 saturated heterocycles. The van der Waals surface area contributed by atoms with Crippen molar-refractivity contribution in [1.29, 1.82) is 0 Å². The topological polar surface area (TPSA) is 104 Å². The second-order valence-corrected chi connectivity index (χ2v) is 9.65. The highest BCUT2D eigenvalue weighted by atomic mass is 19.1. The molecule has 0 atom stereocenters. The number of nitrogens with two attached hydrogens (primary N) is 1. The maximum absolute atomic E-state index is 13.6. The number of pyridine rings is 1. The van der Waals surface area contributed by atoms with E-state index in [4.69, 9.17) is 19.9 Å². The van der Waals surface area contributed by atoms with Crippen LogP contribution in [0, 0.1) is 11.2 Å². The summed E-state index contributed by atoms with van der Waals surface area (Å²) in [4.78, 5) is 31.0. The number of hydrogen-bond acceptors (Lipinski definition) is 6. The first-order chi connectivity index (χ1) is 18.8. The Bertz CT molecular complexity index is 1520. The van der Waals surface area contributed by atoms with Gasteiger partial charge in [0.2, 0.25) is 11.8 Å². The first-order valence-electron chi connectivity index (χ1n) is 12.5. The van der Waals surface area contributed by atoms with E-state index < -0.39 is 17.1 Å². The number of fused-ring (bicyclic) bond motifs is 1. The summed E-state index contributed by atoms with van der Waals surface area (Å²) in [6.45, 7) is 0. The fourth-order valence-electron chi connectivity index (χ4n) is 4.72. The minimum Gasteiger partial charge on any atom is -0.493 e. The van der Waals surface area contributed by atoms with Gasteiger partial charge in [-0.3, -0.25) is 19.5 Å². The van der Waals surface area contributed by atoms with Crippen molar-refractivity contribution in [2.24, 2.45) is 11.1 Å². The lowest BCUT2D eigenvalue weighted by molar-refractivity contribution is -0.121. The van der Waals surface area contributed by atoms with Crippen LogP contribution >= 0.6 is 0 Å². The molecule has 9 heteroatoms. The van der Waals surface area contributed by atoms with Crippen LogP contribution in [0.25, 0.3) is 10.9 Å². The lowest BCUT2D eigenvalue weighted by Crippen LogP contribution is -2.30. The molecule has 0 bridgehead atoms. The molecule has 3 aromatic carbocycles. The van der Waals surface area contributed by atoms with E-state index in [1.54, 1.807) is 75.0 Å². The summed E-state index contributed by atoms with van der Waals surface area (Å²) in [5, 5.41) is 0.742. The predicted octanol–water partition coefficient (Wildman–Crippen LogP) is 5.89. The molecule has 0 unspecified atom stereocenters. The molecule has 1 saturated carbocycles. The molecule has 1 aromatic heterocycles. The highest BCUT2D eigenvalue weighted by Gasteiger charge is 2.46. The van der Waals surface area contributed by atoms with Gasteiger partial charge in [-0.1, -0.05) is 0 Å². The summed E-state index contributed by atoms with van der Waals surface area (Å²) < 4.78 is 30.6. The Morgan fingerprint density at radius 3 is 2.10 bits per heavy atom. The molecule has 1 heterocycles. The highest BCUT2D eigenvalue weighted by molar-refractivity contribution is 6.01. The van der Waals surface area contributed by atoms with E-state index in [0.29, 0.717) is 39.9 Å². The molecule has 0 spiro atoms. The number of aromatic nitrogens is 1. The summed E-state index contributed by atoms with van der Waals surface area (Å²) >= 11 is 0. The Morgan fingerprint density at radius 2 is 1.51 bits per heavy atom. The van der Waals surface area contributed by atoms with Crippen LogP contribution in [0.2, 0.25) is 0 Å². The van der Waals surface area contributed by atoms with Crippen molar-refractivity contribution in [3.63, 3.8) is 0 Å². The van der Waals surface area contributed by atoms with Gasteiger partial charge in [0.1, 0.15) is 17.3 Å². The Hall–Kier alpha value is -4.66. The number of rotatable bonds is 10. The summed E-state index contributed by atoms with van der Waals surface area (Å²) in [6, 6.07) is 18.1. The van der Waals surface area contributed by atoms with Crippen molar-refractivity contribution in [3.8, 4) is 23.0 Å². The summed E-state index contributed by atoms with van der Waals surface area (Å²) in [7, 11) is 3.13. The zero-order chi connectivity index (χ0) is 27.6. The van der Waals surface area contributed by atoms with Gasteiger partial charge in [-0.25, -0.2) is 4.39 Å². The third-order valence-electron chi connectivity index (χ3n) is 6.90. The number of hydrogen-bond donors (Lipinski definition) is 1. The monoisotopic (exact) mass is 529 g/mol. The van der Waals surface area contributed by atoms with Crippen molar-refractivity contribution < 1.29 is 28.2 Å². The van der Waals surface area contributed by atoms with E-state index in [9.17, 15) is 14.0 Å². The smallest absolute Gasteiger partial charge is 0.232 e. The molecule has 5 rings (SSSR count). The van der Waals surface area contributed by atoms with Crippen LogP contribution in [-0.2, 0) is 9.59 Å². The molecule has 2 N–H and O–H groups in total. The van der Waals surface area contributed by atoms with E-state index in [-0.39, 0.29) is 18.7 Å². The summed E-state index contributed by atoms with van der Waals surface area (Å²) in [6.07, 6.45) is 3.51. The third-order valence-corrected chi connectivity index (χ3v) is 6.90. The van der Waals surface area contributed by atoms with Gasteiger partial charge in [0.15, 0.2) is 11.5 Å². The van der Waals surface area contributed by atoms with Crippen molar-refractivity contribution in [2.45, 2.75) is 25.7 Å². The molecule has 200 valence electrons. The van der Waals surface area contributed by atoms with E-state index in [2.05, 4.69) is 4.98 Å². The van der Waals surface area contributed by atoms with Crippen LogP contribution in [0.3, 0.4) is 0 Å². The molecule has 1 fully saturated rings. The molecule has 0 radical (unpaired) electrons. The van der Waals surface area contributed by atoms with Gasteiger partial charge in [-0.15, -0.1) is 0 Å². The van der Waals surface area contributed by atoms with E-state index in [0.717, 1.165) is 18.2 Å². The minimum absolute atomic E-state index is 0.166. The normalized spacial score (nSPS) is 13.5. The van der Waals surface area contributed by atoms with Crippen LogP contribution in [0.4, 0.5) is 15.8 Å². The maximum atomic E-state index is 13.6. The molecule has 1 aliphatic carbocycles. The number of carbonyl (C=O) groups is 2. The number of amides is 2. The molecule has 8 nitrogen and oxygen atoms in total. The molecule has 2 amide bonds. The lowest BCUT2D eigenvalue weighted by atomic mass is 9.96. The molecule has 4 aromatic rings. The van der Waals surface area contributed by atoms with E-state index in [1.807, 2.05) is 0 Å². The number of anilines is 2. The van der Waals surface area contributed by atoms with E-state index >= 15 is 0 Å². The van der Waals surface area contributed by atoms with Gasteiger partial charge in [-0.2, -0.15) is 0 Å². The van der Waals surface area contributed by atoms with Gasteiger partial charge in [0.25, 0.3) is 0 Å². The Morgan fingerprint density at radius 1 is 0.897 bits per heavy atom. The SMILES string of the molecule is COc1cc2nccc(Oc3ccc(N(C(=O)CC4(CC(N)=O)CC4)c4ccc(F)cc4)cc3)c2cc1OC. The van der Waals surface area contributed by atoms with Crippen molar-refractivity contribution in [1.82, 2.24) is 4.98 Å². The Kier molecular flexibility index (Phi) is 7.06. The molecule has 39 heavy (non-hydrogen) atoms. The quantitative estimate of drug-likeness (QED) is 0.275. The summed E-state index contributed by atoms with van der Waals surface area (Å²) in [5.41, 5.74) is 6.79. The number of primary amides is 1. The van der Waals surface area contributed by atoms with Crippen LogP contribution in [0.5, 0.6) is 23.0 Å². The van der Waals surface area contributed by atoms with Crippen molar-refractivity contribution in [2.75, 3.05) is 19.1 Å². The van der Waals surface area contributed by atoms with Crippen LogP contribution in [0.1, 0.15) is 25.7 Å². The van der Waals surface area contributed by atoms with Gasteiger partial charge < -0.3 is 19.9 Å². The van der Waals surface area contributed by atoms with Crippen molar-refractivity contribution >= 4 is 34.1 Å². The van der Waals surface area contributed by atoms with Crippen LogP contribution < -0.4 is 24.8 Å². The fourth-order valence-corrected chi connectivity index (χ4v) is 4.72. The largest absolute Gasteiger partial charge is 0.493 e. The van der Waals surface area contributed by atoms with Gasteiger partial charge in [0, 0.05) is 41.9 Å². The zero-order valence-electron chi connectivity index (χ0n) is 21.6. The first kappa shape index (κ1) is 26.0. The van der Waals surface area contributed by atoms with Gasteiger partial charge >= 0.3 is 0 Å². The predicted molar refractivity (Wildman–Crippen MR) is 145 cm³/mol.